The lowest BCUT2D eigenvalue weighted by Crippen LogP contribution is -2.32. The molecule has 7 heteroatoms. The van der Waals surface area contributed by atoms with Crippen LogP contribution in [0.1, 0.15) is 11.1 Å². The minimum Gasteiger partial charge on any atom is -0.347 e. The van der Waals surface area contributed by atoms with E-state index >= 15 is 0 Å². The van der Waals surface area contributed by atoms with Gasteiger partial charge in [0.05, 0.1) is 5.25 Å². The van der Waals surface area contributed by atoms with Crippen molar-refractivity contribution >= 4 is 45.2 Å². The van der Waals surface area contributed by atoms with Crippen molar-refractivity contribution in [2.24, 2.45) is 0 Å². The Kier molecular flexibility index (Phi) is 7.28. The second-order valence-electron chi connectivity index (χ2n) is 7.41. The molecule has 1 aliphatic heterocycles. The summed E-state index contributed by atoms with van der Waals surface area (Å²) in [5.41, 5.74) is 2.50. The zero-order chi connectivity index (χ0) is 23.2. The monoisotopic (exact) mass is 517 g/mol. The molecule has 3 aromatic carbocycles. The smallest absolute Gasteiger partial charge is 0.264 e. The largest absolute Gasteiger partial charge is 0.347 e. The van der Waals surface area contributed by atoms with E-state index in [4.69, 9.17) is 0 Å². The first-order valence-electron chi connectivity index (χ1n) is 10.3. The third kappa shape index (κ3) is 5.36. The second-order valence-corrected chi connectivity index (χ2v) is 9.51. The predicted octanol–water partition coefficient (Wildman–Crippen LogP) is 5.19. The number of anilines is 1. The molecule has 2 amide bonds. The summed E-state index contributed by atoms with van der Waals surface area (Å²) in [5.74, 6) is -0.649. The van der Waals surface area contributed by atoms with Gasteiger partial charge in [-0.3, -0.25) is 14.5 Å². The van der Waals surface area contributed by atoms with Crippen molar-refractivity contribution in [2.45, 2.75) is 18.2 Å². The number of amides is 2. The zero-order valence-corrected chi connectivity index (χ0v) is 20.0. The normalized spacial score (nSPS) is 16.9. The molecule has 164 valence electrons. The first-order valence-corrected chi connectivity index (χ1v) is 12.0. The third-order valence-corrected chi connectivity index (χ3v) is 6.94. The molecule has 1 N–H and O–H groups in total. The average molecular weight is 518 g/mol. The van der Waals surface area contributed by atoms with Crippen molar-refractivity contribution in [3.8, 4) is 6.07 Å². The molecule has 0 bridgehead atoms. The van der Waals surface area contributed by atoms with Crippen molar-refractivity contribution in [1.29, 1.82) is 5.26 Å². The molecule has 1 saturated heterocycles. The van der Waals surface area contributed by atoms with Crippen molar-refractivity contribution in [3.63, 3.8) is 0 Å². The number of nitriles is 1. The molecule has 1 fully saturated rings. The maximum Gasteiger partial charge on any atom is 0.264 e. The fourth-order valence-corrected chi connectivity index (χ4v) is 5.08. The van der Waals surface area contributed by atoms with Crippen LogP contribution in [0, 0.1) is 11.3 Å². The first kappa shape index (κ1) is 22.8. The average Bonchev–Trinajstić information content (AvgIpc) is 3.15. The minimum absolute atomic E-state index is 0.0669. The summed E-state index contributed by atoms with van der Waals surface area (Å²) in [6.45, 7) is 0.294. The van der Waals surface area contributed by atoms with Crippen LogP contribution in [-0.2, 0) is 22.6 Å². The molecular weight excluding hydrogens is 498 g/mol. The number of hydrogen-bond donors (Lipinski definition) is 1. The van der Waals surface area contributed by atoms with E-state index < -0.39 is 11.2 Å². The van der Waals surface area contributed by atoms with Gasteiger partial charge in [0.25, 0.3) is 5.91 Å². The fourth-order valence-electron chi connectivity index (χ4n) is 3.51. The van der Waals surface area contributed by atoms with Gasteiger partial charge in [0.2, 0.25) is 5.91 Å². The van der Waals surface area contributed by atoms with Crippen LogP contribution in [0.3, 0.4) is 0 Å². The van der Waals surface area contributed by atoms with Gasteiger partial charge in [-0.25, -0.2) is 0 Å². The van der Waals surface area contributed by atoms with Crippen LogP contribution in [0.25, 0.3) is 0 Å². The molecule has 1 aliphatic rings. The van der Waals surface area contributed by atoms with E-state index in [0.29, 0.717) is 23.7 Å². The van der Waals surface area contributed by atoms with E-state index in [1.54, 1.807) is 12.1 Å². The number of carbonyl (C=O) groups is 2. The number of benzene rings is 3. The van der Waals surface area contributed by atoms with Gasteiger partial charge in [-0.1, -0.05) is 88.4 Å². The number of rotatable bonds is 6. The second kappa shape index (κ2) is 10.5. The number of nitrogens with one attached hydrogen (secondary N) is 1. The summed E-state index contributed by atoms with van der Waals surface area (Å²) in [6.07, 6.45) is 0.505. The fraction of sp³-hybridized carbons (Fsp3) is 0.115. The van der Waals surface area contributed by atoms with E-state index in [2.05, 4.69) is 21.2 Å². The van der Waals surface area contributed by atoms with Gasteiger partial charge >= 0.3 is 0 Å². The molecule has 0 radical (unpaired) electrons. The van der Waals surface area contributed by atoms with E-state index in [0.717, 1.165) is 15.6 Å². The summed E-state index contributed by atoms with van der Waals surface area (Å²) >= 11 is 4.68. The molecule has 0 aromatic heterocycles. The molecule has 0 aliphatic carbocycles. The molecule has 33 heavy (non-hydrogen) atoms. The van der Waals surface area contributed by atoms with Gasteiger partial charge in [0, 0.05) is 16.7 Å². The standard InChI is InChI=1S/C26H20BrN3O2S/c27-20-11-13-21(14-12-20)30-25(32)23(15-18-7-3-1-4-8-18)33-26(30)22(16-28)24(31)29-17-19-9-5-2-6-10-19/h1-14,23H,15,17H2,(H,29,31)/b26-22-/t23-/m1/s1. The summed E-state index contributed by atoms with van der Waals surface area (Å²) in [7, 11) is 0. The Bertz CT molecular complexity index is 1220. The van der Waals surface area contributed by atoms with Crippen molar-refractivity contribution < 1.29 is 9.59 Å². The molecule has 5 nitrogen and oxygen atoms in total. The summed E-state index contributed by atoms with van der Waals surface area (Å²) in [5, 5.41) is 12.6. The lowest BCUT2D eigenvalue weighted by Gasteiger charge is -2.19. The number of thioether (sulfide) groups is 1. The Morgan fingerprint density at radius 1 is 0.970 bits per heavy atom. The molecular formula is C26H20BrN3O2S. The number of hydrogen-bond acceptors (Lipinski definition) is 4. The van der Waals surface area contributed by atoms with Gasteiger partial charge in [0.15, 0.2) is 0 Å². The Labute approximate surface area is 205 Å². The van der Waals surface area contributed by atoms with Crippen molar-refractivity contribution in [2.75, 3.05) is 4.90 Å². The van der Waals surface area contributed by atoms with Crippen LogP contribution in [0.5, 0.6) is 0 Å². The topological polar surface area (TPSA) is 73.2 Å². The third-order valence-electron chi connectivity index (χ3n) is 5.15. The zero-order valence-electron chi connectivity index (χ0n) is 17.6. The van der Waals surface area contributed by atoms with Crippen LogP contribution >= 0.6 is 27.7 Å². The van der Waals surface area contributed by atoms with E-state index in [1.807, 2.05) is 78.9 Å². The lowest BCUT2D eigenvalue weighted by atomic mass is 10.1. The predicted molar refractivity (Wildman–Crippen MR) is 134 cm³/mol. The summed E-state index contributed by atoms with van der Waals surface area (Å²) < 4.78 is 0.873. The van der Waals surface area contributed by atoms with Crippen LogP contribution in [0.15, 0.2) is 100 Å². The van der Waals surface area contributed by atoms with Gasteiger partial charge in [-0.15, -0.1) is 0 Å². The Hall–Kier alpha value is -3.34. The van der Waals surface area contributed by atoms with Crippen molar-refractivity contribution in [3.05, 3.63) is 111 Å². The summed E-state index contributed by atoms with van der Waals surface area (Å²) in [4.78, 5) is 27.9. The lowest BCUT2D eigenvalue weighted by molar-refractivity contribution is -0.117. The van der Waals surface area contributed by atoms with Crippen LogP contribution < -0.4 is 10.2 Å². The molecule has 4 rings (SSSR count). The van der Waals surface area contributed by atoms with Crippen LogP contribution in [0.4, 0.5) is 5.69 Å². The number of nitrogens with zero attached hydrogens (tertiary/aromatic N) is 2. The highest BCUT2D eigenvalue weighted by molar-refractivity contribution is 9.10. The van der Waals surface area contributed by atoms with E-state index in [9.17, 15) is 14.9 Å². The van der Waals surface area contributed by atoms with E-state index in [1.165, 1.54) is 16.7 Å². The van der Waals surface area contributed by atoms with Gasteiger partial charge in [-0.2, -0.15) is 5.26 Å². The molecule has 1 heterocycles. The Morgan fingerprint density at radius 3 is 2.18 bits per heavy atom. The maximum atomic E-state index is 13.4. The summed E-state index contributed by atoms with van der Waals surface area (Å²) in [6, 6.07) is 28.5. The Morgan fingerprint density at radius 2 is 1.58 bits per heavy atom. The van der Waals surface area contributed by atoms with Crippen LogP contribution in [-0.4, -0.2) is 17.1 Å². The van der Waals surface area contributed by atoms with E-state index in [-0.39, 0.29) is 11.5 Å². The SMILES string of the molecule is N#C/C(C(=O)NCc1ccccc1)=C1/S[C@H](Cc2ccccc2)C(=O)N1c1ccc(Br)cc1. The number of halogens is 1. The van der Waals surface area contributed by atoms with Crippen LogP contribution in [0.2, 0.25) is 0 Å². The maximum absolute atomic E-state index is 13.4. The highest BCUT2D eigenvalue weighted by Crippen LogP contribution is 2.42. The quantitative estimate of drug-likeness (QED) is 0.360. The number of carbonyl (C=O) groups excluding carboxylic acids is 2. The first-order chi connectivity index (χ1) is 16.1. The molecule has 0 spiro atoms. The molecule has 1 atom stereocenters. The Balaban J connectivity index is 1.67. The molecule has 0 saturated carbocycles. The van der Waals surface area contributed by atoms with Gasteiger partial charge < -0.3 is 5.32 Å². The highest BCUT2D eigenvalue weighted by Gasteiger charge is 2.40. The van der Waals surface area contributed by atoms with Crippen molar-refractivity contribution in [1.82, 2.24) is 5.32 Å². The van der Waals surface area contributed by atoms with Gasteiger partial charge in [-0.05, 0) is 41.8 Å². The highest BCUT2D eigenvalue weighted by atomic mass is 79.9. The van der Waals surface area contributed by atoms with Gasteiger partial charge in [0.1, 0.15) is 16.7 Å². The molecule has 3 aromatic rings. The minimum atomic E-state index is -0.501. The molecule has 0 unspecified atom stereocenters.